The number of likely N-dealkylation sites (N-methyl/N-ethyl adjacent to an activating group) is 1. The van der Waals surface area contributed by atoms with Gasteiger partial charge in [-0.1, -0.05) is 273 Å². The smallest absolute Gasteiger partial charge is 0.456 e. The van der Waals surface area contributed by atoms with Gasteiger partial charge in [-0.05, 0) is 102 Å². The average Bonchev–Trinajstić information content (AvgIpc) is 3.44. The van der Waals surface area contributed by atoms with Crippen LogP contribution in [0.1, 0.15) is 303 Å². The van der Waals surface area contributed by atoms with E-state index in [0.29, 0.717) is 17.4 Å². The molecule has 3 atom stereocenters. The number of rotatable bonds is 61. The van der Waals surface area contributed by atoms with E-state index in [1.165, 1.54) is 167 Å². The van der Waals surface area contributed by atoms with E-state index in [-0.39, 0.29) is 31.5 Å². The highest BCUT2D eigenvalue weighted by atomic mass is 31.2. The number of amides is 1. The molecule has 0 aromatic rings. The fourth-order valence-electron chi connectivity index (χ4n) is 9.61. The van der Waals surface area contributed by atoms with Gasteiger partial charge in [0.15, 0.2) is 0 Å². The van der Waals surface area contributed by atoms with Gasteiger partial charge < -0.3 is 19.4 Å². The van der Waals surface area contributed by atoms with Gasteiger partial charge in [-0.25, -0.2) is 4.57 Å². The first-order valence-electron chi connectivity index (χ1n) is 33.9. The van der Waals surface area contributed by atoms with E-state index < -0.39 is 20.0 Å². The molecule has 0 aromatic heterocycles. The third-order valence-electron chi connectivity index (χ3n) is 14.8. The molecule has 0 aliphatic heterocycles. The van der Waals surface area contributed by atoms with Crippen LogP contribution in [0, 0.1) is 0 Å². The molecule has 0 bridgehead atoms. The second-order valence-corrected chi connectivity index (χ2v) is 25.4. The number of nitrogens with one attached hydrogen (secondary N) is 1. The number of ether oxygens (including phenoxy) is 1. The van der Waals surface area contributed by atoms with E-state index in [1.54, 1.807) is 0 Å². The van der Waals surface area contributed by atoms with Crippen LogP contribution in [-0.2, 0) is 27.9 Å². The van der Waals surface area contributed by atoms with Crippen LogP contribution >= 0.6 is 7.82 Å². The highest BCUT2D eigenvalue weighted by Crippen LogP contribution is 2.43. The zero-order chi connectivity index (χ0) is 59.3. The monoisotopic (exact) mass is 1150 g/mol. The van der Waals surface area contributed by atoms with Crippen LogP contribution in [0.25, 0.3) is 0 Å². The number of esters is 1. The second kappa shape index (κ2) is 60.3. The summed E-state index contributed by atoms with van der Waals surface area (Å²) < 4.78 is 30.8. The van der Waals surface area contributed by atoms with Crippen molar-refractivity contribution >= 4 is 19.7 Å². The number of hydrogen-bond donors (Lipinski definition) is 2. The number of quaternary nitrogens is 1. The molecule has 0 saturated heterocycles. The molecule has 2 N–H and O–H groups in total. The summed E-state index contributed by atoms with van der Waals surface area (Å²) in [4.78, 5) is 37.8. The maximum absolute atomic E-state index is 13.6. The summed E-state index contributed by atoms with van der Waals surface area (Å²) in [5, 5.41) is 3.06. The maximum atomic E-state index is 13.6. The Morgan fingerprint density at radius 3 is 1.20 bits per heavy atom. The SMILES string of the molecule is CC/C=C\C/C=C\C/C=C\C/C=C\C/C=C\CCCCCCCCCC(=O)OC(/C=C/CCCCCCCCCCC)C(COP(=O)(O)OCC[N+](C)(C)C)NC(=O)CCCCCCCCCCCCC/C=C/CCCCCCCC. The minimum atomic E-state index is -4.46. The van der Waals surface area contributed by atoms with Crippen molar-refractivity contribution in [2.75, 3.05) is 40.9 Å². The van der Waals surface area contributed by atoms with E-state index in [9.17, 15) is 19.0 Å². The van der Waals surface area contributed by atoms with E-state index in [2.05, 4.69) is 99.0 Å². The minimum absolute atomic E-state index is 0.0357. The van der Waals surface area contributed by atoms with Crippen molar-refractivity contribution in [2.45, 2.75) is 315 Å². The zero-order valence-electron chi connectivity index (χ0n) is 53.8. The van der Waals surface area contributed by atoms with Crippen LogP contribution in [0.2, 0.25) is 0 Å². The molecular weight excluding hydrogens is 1020 g/mol. The summed E-state index contributed by atoms with van der Waals surface area (Å²) in [6, 6.07) is -0.857. The van der Waals surface area contributed by atoms with Gasteiger partial charge in [0.2, 0.25) is 5.91 Å². The van der Waals surface area contributed by atoms with Crippen molar-refractivity contribution in [3.05, 3.63) is 85.1 Å². The van der Waals surface area contributed by atoms with Crippen LogP contribution < -0.4 is 5.32 Å². The predicted octanol–water partition coefficient (Wildman–Crippen LogP) is 21.3. The molecule has 0 aromatic carbocycles. The first-order valence-corrected chi connectivity index (χ1v) is 35.4. The van der Waals surface area contributed by atoms with Crippen molar-refractivity contribution < 1.29 is 37.3 Å². The van der Waals surface area contributed by atoms with E-state index in [0.717, 1.165) is 103 Å². The van der Waals surface area contributed by atoms with E-state index in [4.69, 9.17) is 13.8 Å². The molecule has 0 aliphatic carbocycles. The summed E-state index contributed by atoms with van der Waals surface area (Å²) in [5.41, 5.74) is 0. The molecule has 0 heterocycles. The molecule has 0 fully saturated rings. The molecule has 0 saturated carbocycles. The number of carbonyl (C=O) groups is 2. The van der Waals surface area contributed by atoms with E-state index in [1.807, 2.05) is 33.3 Å². The number of nitrogens with zero attached hydrogens (tertiary/aromatic N) is 1. The standard InChI is InChI=1S/C71H129N2O7P/c1-7-10-13-16-19-22-25-27-29-31-33-35-36-38-40-42-44-46-49-52-55-58-61-64-71(75)80-69(62-59-56-53-50-47-24-21-18-15-12-9-3)68(67-79-81(76,77)78-66-65-73(4,5)6)72-70(74)63-60-57-54-51-48-45-43-41-39-37-34-32-30-28-26-23-20-17-14-11-8-2/h10,13,19,22,27-30,33,35,38,40,59,62,68-69H,7-9,11-12,14-18,20-21,23-26,31-32,34,36-37,39,41-58,60-61,63-67H2,1-6H3,(H-,72,74,76,77)/p+1/b13-10-,22-19-,29-27-,30-28+,35-33-,40-38-,62-59+. The maximum Gasteiger partial charge on any atom is 0.472 e. The molecule has 3 unspecified atom stereocenters. The fraction of sp³-hybridized carbons (Fsp3) is 0.775. The summed E-state index contributed by atoms with van der Waals surface area (Å²) >= 11 is 0. The van der Waals surface area contributed by atoms with E-state index >= 15 is 0 Å². The molecule has 0 aliphatic rings. The summed E-state index contributed by atoms with van der Waals surface area (Å²) in [5.74, 6) is -0.515. The highest BCUT2D eigenvalue weighted by molar-refractivity contribution is 7.47. The van der Waals surface area contributed by atoms with Crippen LogP contribution in [0.4, 0.5) is 0 Å². The number of phosphoric ester groups is 1. The quantitative estimate of drug-likeness (QED) is 0.0205. The van der Waals surface area contributed by atoms with Gasteiger partial charge in [-0.3, -0.25) is 18.6 Å². The Hall–Kier alpha value is -2.81. The topological polar surface area (TPSA) is 111 Å². The van der Waals surface area contributed by atoms with Gasteiger partial charge >= 0.3 is 13.8 Å². The molecular formula is C71H130N2O7P+. The fourth-order valence-corrected chi connectivity index (χ4v) is 10.3. The molecule has 1 amide bonds. The molecule has 0 radical (unpaired) electrons. The van der Waals surface area contributed by atoms with Gasteiger partial charge in [-0.15, -0.1) is 0 Å². The van der Waals surface area contributed by atoms with Gasteiger partial charge in [0.05, 0.1) is 33.8 Å². The number of unbranched alkanes of at least 4 members (excludes halogenated alkanes) is 33. The molecule has 9 nitrogen and oxygen atoms in total. The lowest BCUT2D eigenvalue weighted by Gasteiger charge is -2.27. The minimum Gasteiger partial charge on any atom is -0.456 e. The lowest BCUT2D eigenvalue weighted by molar-refractivity contribution is -0.870. The Morgan fingerprint density at radius 1 is 0.444 bits per heavy atom. The lowest BCUT2D eigenvalue weighted by atomic mass is 10.0. The molecule has 81 heavy (non-hydrogen) atoms. The number of phosphoric acid groups is 1. The Bertz CT molecular complexity index is 1660. The molecule has 0 rings (SSSR count). The zero-order valence-corrected chi connectivity index (χ0v) is 54.7. The van der Waals surface area contributed by atoms with Crippen molar-refractivity contribution in [3.8, 4) is 0 Å². The van der Waals surface area contributed by atoms with Crippen LogP contribution in [-0.4, -0.2) is 74.3 Å². The molecule has 0 spiro atoms. The van der Waals surface area contributed by atoms with Crippen molar-refractivity contribution in [1.29, 1.82) is 0 Å². The van der Waals surface area contributed by atoms with Gasteiger partial charge in [-0.2, -0.15) is 0 Å². The van der Waals surface area contributed by atoms with Gasteiger partial charge in [0.25, 0.3) is 0 Å². The average molecular weight is 1150 g/mol. The summed E-state index contributed by atoms with van der Waals surface area (Å²) in [7, 11) is 1.49. The summed E-state index contributed by atoms with van der Waals surface area (Å²) in [6.07, 6.45) is 80.1. The number of carbonyl (C=O) groups excluding carboxylic acids is 2. The highest BCUT2D eigenvalue weighted by Gasteiger charge is 2.30. The Morgan fingerprint density at radius 2 is 0.790 bits per heavy atom. The number of allylic oxidation sites excluding steroid dienone is 13. The van der Waals surface area contributed by atoms with Crippen LogP contribution in [0.15, 0.2) is 85.1 Å². The third kappa shape index (κ3) is 61.6. The second-order valence-electron chi connectivity index (χ2n) is 24.0. The van der Waals surface area contributed by atoms with Crippen LogP contribution in [0.3, 0.4) is 0 Å². The first-order chi connectivity index (χ1) is 39.4. The lowest BCUT2D eigenvalue weighted by Crippen LogP contribution is -2.47. The Kier molecular flexibility index (Phi) is 58.2. The Labute approximate surface area is 501 Å². The molecule has 470 valence electrons. The molecule has 10 heteroatoms. The van der Waals surface area contributed by atoms with Crippen molar-refractivity contribution in [3.63, 3.8) is 0 Å². The van der Waals surface area contributed by atoms with Crippen molar-refractivity contribution in [1.82, 2.24) is 5.32 Å². The third-order valence-corrected chi connectivity index (χ3v) is 15.8. The predicted molar refractivity (Wildman–Crippen MR) is 351 cm³/mol. The summed E-state index contributed by atoms with van der Waals surface area (Å²) in [6.45, 7) is 6.90. The largest absolute Gasteiger partial charge is 0.472 e. The van der Waals surface area contributed by atoms with Crippen LogP contribution in [0.5, 0.6) is 0 Å². The Balaban J connectivity index is 5.12. The first kappa shape index (κ1) is 78.2. The van der Waals surface area contributed by atoms with Gasteiger partial charge in [0.1, 0.15) is 19.3 Å². The van der Waals surface area contributed by atoms with Crippen molar-refractivity contribution in [2.24, 2.45) is 0 Å². The number of hydrogen-bond acceptors (Lipinski definition) is 6. The normalized spacial score (nSPS) is 14.1. The van der Waals surface area contributed by atoms with Gasteiger partial charge in [0, 0.05) is 12.8 Å².